The molecule has 198 valence electrons. The van der Waals surface area contributed by atoms with E-state index in [9.17, 15) is 14.4 Å². The Kier molecular flexibility index (Phi) is 7.58. The maximum absolute atomic E-state index is 13.6. The zero-order valence-electron chi connectivity index (χ0n) is 21.4. The number of methoxy groups -OCH3 is 1. The monoisotopic (exact) mass is 560 g/mol. The van der Waals surface area contributed by atoms with Crippen LogP contribution in [0.2, 0.25) is 0 Å². The van der Waals surface area contributed by atoms with Gasteiger partial charge in [-0.05, 0) is 73.3 Å². The van der Waals surface area contributed by atoms with E-state index in [0.717, 1.165) is 10.4 Å². The molecule has 0 radical (unpaired) electrons. The molecule has 8 nitrogen and oxygen atoms in total. The van der Waals surface area contributed by atoms with Crippen LogP contribution in [0.15, 0.2) is 87.1 Å². The van der Waals surface area contributed by atoms with Crippen molar-refractivity contribution in [3.63, 3.8) is 0 Å². The SMILES string of the molecule is CCOC(=O)C1=C(C)N=c2s/c(=C\c3ccc(OC(=O)c4ccc(OC)cc4)cc3)c(=O)n2[C@H]1c1cccs1. The van der Waals surface area contributed by atoms with Gasteiger partial charge in [-0.15, -0.1) is 11.3 Å². The molecule has 0 spiro atoms. The summed E-state index contributed by atoms with van der Waals surface area (Å²) in [6.45, 7) is 3.73. The van der Waals surface area contributed by atoms with Crippen molar-refractivity contribution < 1.29 is 23.8 Å². The number of esters is 2. The van der Waals surface area contributed by atoms with E-state index in [1.165, 1.54) is 22.7 Å². The van der Waals surface area contributed by atoms with E-state index < -0.39 is 18.0 Å². The van der Waals surface area contributed by atoms with Crippen molar-refractivity contribution in [2.75, 3.05) is 13.7 Å². The number of carbonyl (C=O) groups excluding carboxylic acids is 2. The van der Waals surface area contributed by atoms with Crippen molar-refractivity contribution in [1.82, 2.24) is 4.57 Å². The molecule has 0 fully saturated rings. The molecule has 2 aromatic heterocycles. The average Bonchev–Trinajstić information content (AvgIpc) is 3.57. The van der Waals surface area contributed by atoms with Crippen LogP contribution < -0.4 is 24.4 Å². The first-order valence-corrected chi connectivity index (χ1v) is 13.8. The number of fused-ring (bicyclic) bond motifs is 1. The lowest BCUT2D eigenvalue weighted by atomic mass is 10.0. The third-order valence-corrected chi connectivity index (χ3v) is 7.95. The third kappa shape index (κ3) is 5.34. The van der Waals surface area contributed by atoms with Crippen LogP contribution >= 0.6 is 22.7 Å². The van der Waals surface area contributed by atoms with Gasteiger partial charge in [0.2, 0.25) is 0 Å². The molecule has 2 aromatic carbocycles. The Morgan fingerprint density at radius 2 is 1.74 bits per heavy atom. The molecular formula is C29H24N2O6S2. The van der Waals surface area contributed by atoms with Gasteiger partial charge in [0.15, 0.2) is 4.80 Å². The molecule has 5 rings (SSSR count). The maximum Gasteiger partial charge on any atom is 0.343 e. The fourth-order valence-electron chi connectivity index (χ4n) is 4.18. The molecule has 39 heavy (non-hydrogen) atoms. The lowest BCUT2D eigenvalue weighted by molar-refractivity contribution is -0.139. The number of rotatable bonds is 7. The van der Waals surface area contributed by atoms with E-state index in [-0.39, 0.29) is 12.2 Å². The van der Waals surface area contributed by atoms with Gasteiger partial charge >= 0.3 is 11.9 Å². The van der Waals surface area contributed by atoms with Gasteiger partial charge in [0.25, 0.3) is 5.56 Å². The molecule has 10 heteroatoms. The number of hydrogen-bond donors (Lipinski definition) is 0. The lowest BCUT2D eigenvalue weighted by Crippen LogP contribution is -2.39. The molecular weight excluding hydrogens is 536 g/mol. The molecule has 1 atom stereocenters. The molecule has 1 aliphatic heterocycles. The summed E-state index contributed by atoms with van der Waals surface area (Å²) in [6.07, 6.45) is 1.76. The largest absolute Gasteiger partial charge is 0.497 e. The van der Waals surface area contributed by atoms with E-state index in [2.05, 4.69) is 4.99 Å². The number of aromatic nitrogens is 1. The summed E-state index contributed by atoms with van der Waals surface area (Å²) in [6, 6.07) is 16.7. The molecule has 3 heterocycles. The van der Waals surface area contributed by atoms with Gasteiger partial charge < -0.3 is 14.2 Å². The molecule has 0 unspecified atom stereocenters. The van der Waals surface area contributed by atoms with E-state index in [1.54, 1.807) is 80.1 Å². The van der Waals surface area contributed by atoms with Crippen molar-refractivity contribution in [2.45, 2.75) is 19.9 Å². The van der Waals surface area contributed by atoms with Crippen LogP contribution in [-0.2, 0) is 9.53 Å². The first-order chi connectivity index (χ1) is 18.9. The summed E-state index contributed by atoms with van der Waals surface area (Å²) in [7, 11) is 1.56. The molecule has 0 saturated carbocycles. The van der Waals surface area contributed by atoms with Crippen molar-refractivity contribution in [2.24, 2.45) is 4.99 Å². The van der Waals surface area contributed by atoms with Crippen molar-refractivity contribution in [1.29, 1.82) is 0 Å². The molecule has 0 bridgehead atoms. The summed E-state index contributed by atoms with van der Waals surface area (Å²) >= 11 is 2.72. The average molecular weight is 561 g/mol. The van der Waals surface area contributed by atoms with Crippen LogP contribution in [0.5, 0.6) is 11.5 Å². The number of benzene rings is 2. The lowest BCUT2D eigenvalue weighted by Gasteiger charge is -2.23. The van der Waals surface area contributed by atoms with E-state index in [1.807, 2.05) is 17.5 Å². The Bertz CT molecular complexity index is 1730. The predicted octanol–water partition coefficient (Wildman–Crippen LogP) is 4.09. The summed E-state index contributed by atoms with van der Waals surface area (Å²) in [5.74, 6) is 0.0586. The zero-order chi connectivity index (χ0) is 27.5. The maximum atomic E-state index is 13.6. The van der Waals surface area contributed by atoms with Crippen LogP contribution in [0.1, 0.15) is 40.7 Å². The minimum absolute atomic E-state index is 0.225. The first kappa shape index (κ1) is 26.3. The number of thiophene rings is 1. The second-order valence-corrected chi connectivity index (χ2v) is 10.5. The van der Waals surface area contributed by atoms with Gasteiger partial charge in [0.1, 0.15) is 17.5 Å². The van der Waals surface area contributed by atoms with Crippen LogP contribution in [0.3, 0.4) is 0 Å². The topological polar surface area (TPSA) is 96.2 Å². The number of hydrogen-bond acceptors (Lipinski definition) is 9. The molecule has 0 amide bonds. The van der Waals surface area contributed by atoms with Gasteiger partial charge in [-0.2, -0.15) is 0 Å². The summed E-state index contributed by atoms with van der Waals surface area (Å²) in [4.78, 5) is 44.9. The highest BCUT2D eigenvalue weighted by atomic mass is 32.1. The number of allylic oxidation sites excluding steroid dienone is 1. The van der Waals surface area contributed by atoms with Crippen molar-refractivity contribution >= 4 is 40.7 Å². The molecule has 0 N–H and O–H groups in total. The Morgan fingerprint density at radius 3 is 2.38 bits per heavy atom. The van der Waals surface area contributed by atoms with Gasteiger partial charge in [0, 0.05) is 4.88 Å². The van der Waals surface area contributed by atoms with Crippen LogP contribution in [-0.4, -0.2) is 30.2 Å². The highest BCUT2D eigenvalue weighted by molar-refractivity contribution is 7.10. The normalized spacial score (nSPS) is 14.9. The molecule has 0 aliphatic carbocycles. The Morgan fingerprint density at radius 1 is 1.03 bits per heavy atom. The highest BCUT2D eigenvalue weighted by Gasteiger charge is 2.33. The van der Waals surface area contributed by atoms with Gasteiger partial charge in [-0.1, -0.05) is 29.5 Å². The third-order valence-electron chi connectivity index (χ3n) is 6.04. The van der Waals surface area contributed by atoms with Gasteiger partial charge in [-0.3, -0.25) is 9.36 Å². The Labute approximate surface area is 231 Å². The minimum Gasteiger partial charge on any atom is -0.497 e. The van der Waals surface area contributed by atoms with Crippen LogP contribution in [0, 0.1) is 0 Å². The van der Waals surface area contributed by atoms with Gasteiger partial charge in [0.05, 0.1) is 35.1 Å². The second-order valence-electron chi connectivity index (χ2n) is 8.50. The number of carbonyl (C=O) groups is 2. The number of ether oxygens (including phenoxy) is 3. The number of thiazole rings is 1. The molecule has 0 saturated heterocycles. The predicted molar refractivity (Wildman–Crippen MR) is 149 cm³/mol. The molecule has 1 aliphatic rings. The summed E-state index contributed by atoms with van der Waals surface area (Å²) in [5.41, 5.74) is 1.79. The van der Waals surface area contributed by atoms with E-state index in [0.29, 0.717) is 37.7 Å². The van der Waals surface area contributed by atoms with Crippen molar-refractivity contribution in [3.05, 3.63) is 113 Å². The van der Waals surface area contributed by atoms with E-state index in [4.69, 9.17) is 14.2 Å². The number of nitrogens with zero attached hydrogens (tertiary/aromatic N) is 2. The minimum atomic E-state index is -0.609. The Hall–Kier alpha value is -4.28. The summed E-state index contributed by atoms with van der Waals surface area (Å²) < 4.78 is 17.9. The first-order valence-electron chi connectivity index (χ1n) is 12.1. The Balaban J connectivity index is 1.45. The smallest absolute Gasteiger partial charge is 0.343 e. The fourth-order valence-corrected chi connectivity index (χ4v) is 6.05. The van der Waals surface area contributed by atoms with E-state index >= 15 is 0 Å². The molecule has 4 aromatic rings. The second kappa shape index (κ2) is 11.2. The zero-order valence-corrected chi connectivity index (χ0v) is 23.0. The standard InChI is InChI=1S/C29H24N2O6S2/c1-4-36-28(34)24-17(2)30-29-31(25(24)22-6-5-15-38-22)26(32)23(39-29)16-18-7-11-21(12-8-18)37-27(33)19-9-13-20(35-3)14-10-19/h5-16,25H,4H2,1-3H3/b23-16-/t25-/m0/s1. The van der Waals surface area contributed by atoms with Crippen LogP contribution in [0.25, 0.3) is 6.08 Å². The van der Waals surface area contributed by atoms with Crippen LogP contribution in [0.4, 0.5) is 0 Å². The van der Waals surface area contributed by atoms with Crippen molar-refractivity contribution in [3.8, 4) is 11.5 Å². The fraction of sp³-hybridized carbons (Fsp3) is 0.172. The quantitative estimate of drug-likeness (QED) is 0.250. The highest BCUT2D eigenvalue weighted by Crippen LogP contribution is 2.33. The summed E-state index contributed by atoms with van der Waals surface area (Å²) in [5, 5.41) is 1.91. The van der Waals surface area contributed by atoms with Gasteiger partial charge in [-0.25, -0.2) is 14.6 Å².